The predicted molar refractivity (Wildman–Crippen MR) is 53.6 cm³/mol. The lowest BCUT2D eigenvalue weighted by molar-refractivity contribution is 0.204. The molecule has 0 heterocycles. The molecule has 13 heavy (non-hydrogen) atoms. The van der Waals surface area contributed by atoms with Crippen LogP contribution in [-0.2, 0) is 0 Å². The summed E-state index contributed by atoms with van der Waals surface area (Å²) in [6.07, 6.45) is 4.52. The highest BCUT2D eigenvalue weighted by molar-refractivity contribution is 5.78. The van der Waals surface area contributed by atoms with Crippen molar-refractivity contribution in [3.8, 4) is 0 Å². The van der Waals surface area contributed by atoms with E-state index in [0.717, 1.165) is 0 Å². The molecule has 4 N–H and O–H groups in total. The van der Waals surface area contributed by atoms with Gasteiger partial charge >= 0.3 is 0 Å². The number of aliphatic hydroxyl groups is 1. The van der Waals surface area contributed by atoms with Gasteiger partial charge in [-0.1, -0.05) is 12.8 Å². The first-order chi connectivity index (χ1) is 6.18. The smallest absolute Gasteiger partial charge is 0.188 e. The fraction of sp³-hybridized carbons (Fsp3) is 0.889. The second kappa shape index (κ2) is 5.07. The maximum Gasteiger partial charge on any atom is 0.188 e. The molecule has 0 spiro atoms. The SMILES string of the molecule is CC(O)CN=C(N)NC1CCCC1. The second-order valence-electron chi connectivity index (χ2n) is 3.70. The average molecular weight is 185 g/mol. The van der Waals surface area contributed by atoms with Crippen molar-refractivity contribution in [2.24, 2.45) is 10.7 Å². The van der Waals surface area contributed by atoms with Crippen LogP contribution in [0.2, 0.25) is 0 Å². The zero-order valence-corrected chi connectivity index (χ0v) is 8.16. The van der Waals surface area contributed by atoms with Crippen LogP contribution in [0.3, 0.4) is 0 Å². The fourth-order valence-electron chi connectivity index (χ4n) is 1.56. The summed E-state index contributed by atoms with van der Waals surface area (Å²) in [7, 11) is 0. The number of nitrogens with zero attached hydrogens (tertiary/aromatic N) is 1. The Morgan fingerprint density at radius 1 is 1.62 bits per heavy atom. The van der Waals surface area contributed by atoms with Crippen molar-refractivity contribution in [1.82, 2.24) is 5.32 Å². The van der Waals surface area contributed by atoms with Crippen molar-refractivity contribution in [3.05, 3.63) is 0 Å². The molecule has 0 amide bonds. The van der Waals surface area contributed by atoms with Crippen LogP contribution in [0.15, 0.2) is 4.99 Å². The molecule has 1 aliphatic rings. The third-order valence-corrected chi connectivity index (χ3v) is 2.23. The summed E-state index contributed by atoms with van der Waals surface area (Å²) in [4.78, 5) is 4.02. The Morgan fingerprint density at radius 3 is 2.77 bits per heavy atom. The van der Waals surface area contributed by atoms with Gasteiger partial charge in [0.1, 0.15) is 0 Å². The van der Waals surface area contributed by atoms with E-state index in [0.29, 0.717) is 18.5 Å². The average Bonchev–Trinajstić information content (AvgIpc) is 2.53. The first-order valence-electron chi connectivity index (χ1n) is 4.93. The zero-order valence-electron chi connectivity index (χ0n) is 8.16. The molecular formula is C9H19N3O. The number of guanidine groups is 1. The van der Waals surface area contributed by atoms with E-state index in [1.54, 1.807) is 6.92 Å². The molecule has 1 aliphatic carbocycles. The maximum absolute atomic E-state index is 8.97. The molecule has 0 bridgehead atoms. The van der Waals surface area contributed by atoms with Crippen molar-refractivity contribution in [1.29, 1.82) is 0 Å². The van der Waals surface area contributed by atoms with Crippen molar-refractivity contribution in [3.63, 3.8) is 0 Å². The monoisotopic (exact) mass is 185 g/mol. The fourth-order valence-corrected chi connectivity index (χ4v) is 1.56. The van der Waals surface area contributed by atoms with Crippen LogP contribution in [-0.4, -0.2) is 29.8 Å². The Hall–Kier alpha value is -0.770. The van der Waals surface area contributed by atoms with Crippen LogP contribution in [0.1, 0.15) is 32.6 Å². The molecule has 0 aromatic carbocycles. The van der Waals surface area contributed by atoms with Gasteiger partial charge in [-0.25, -0.2) is 0 Å². The largest absolute Gasteiger partial charge is 0.391 e. The Balaban J connectivity index is 2.22. The summed E-state index contributed by atoms with van der Waals surface area (Å²) < 4.78 is 0. The third kappa shape index (κ3) is 4.12. The minimum Gasteiger partial charge on any atom is -0.391 e. The van der Waals surface area contributed by atoms with Crippen LogP contribution in [0.5, 0.6) is 0 Å². The van der Waals surface area contributed by atoms with E-state index in [1.165, 1.54) is 25.7 Å². The molecule has 0 saturated heterocycles. The number of aliphatic imine (C=N–C) groups is 1. The topological polar surface area (TPSA) is 70.6 Å². The Morgan fingerprint density at radius 2 is 2.23 bits per heavy atom. The molecule has 0 aromatic heterocycles. The van der Waals surface area contributed by atoms with Gasteiger partial charge in [0.05, 0.1) is 12.6 Å². The van der Waals surface area contributed by atoms with Crippen LogP contribution in [0.25, 0.3) is 0 Å². The van der Waals surface area contributed by atoms with Gasteiger partial charge in [-0.2, -0.15) is 0 Å². The standard InChI is InChI=1S/C9H19N3O/c1-7(13)6-11-9(10)12-8-4-2-3-5-8/h7-8,13H,2-6H2,1H3,(H3,10,11,12). The molecule has 1 fully saturated rings. The number of nitrogens with one attached hydrogen (secondary N) is 1. The van der Waals surface area contributed by atoms with Gasteiger partial charge in [0.2, 0.25) is 0 Å². The Labute approximate surface area is 79.2 Å². The number of hydrogen-bond donors (Lipinski definition) is 3. The first-order valence-corrected chi connectivity index (χ1v) is 4.93. The lowest BCUT2D eigenvalue weighted by atomic mass is 10.2. The van der Waals surface area contributed by atoms with Crippen LogP contribution < -0.4 is 11.1 Å². The van der Waals surface area contributed by atoms with E-state index in [1.807, 2.05) is 0 Å². The van der Waals surface area contributed by atoms with Gasteiger partial charge < -0.3 is 16.2 Å². The van der Waals surface area contributed by atoms with E-state index in [2.05, 4.69) is 10.3 Å². The van der Waals surface area contributed by atoms with Crippen molar-refractivity contribution in [2.75, 3.05) is 6.54 Å². The minimum atomic E-state index is -0.413. The van der Waals surface area contributed by atoms with E-state index in [9.17, 15) is 0 Å². The highest BCUT2D eigenvalue weighted by Crippen LogP contribution is 2.17. The minimum absolute atomic E-state index is 0.381. The number of aliphatic hydroxyl groups excluding tert-OH is 1. The van der Waals surface area contributed by atoms with Gasteiger partial charge in [-0.05, 0) is 19.8 Å². The molecule has 0 aliphatic heterocycles. The molecule has 0 radical (unpaired) electrons. The Kier molecular flexibility index (Phi) is 4.02. The highest BCUT2D eigenvalue weighted by Gasteiger charge is 2.14. The molecule has 1 rings (SSSR count). The number of hydrogen-bond acceptors (Lipinski definition) is 2. The van der Waals surface area contributed by atoms with Gasteiger partial charge in [-0.15, -0.1) is 0 Å². The van der Waals surface area contributed by atoms with Gasteiger partial charge in [0.25, 0.3) is 0 Å². The summed E-state index contributed by atoms with van der Waals surface area (Å²) in [5, 5.41) is 12.1. The number of rotatable bonds is 3. The van der Waals surface area contributed by atoms with E-state index < -0.39 is 6.10 Å². The molecule has 76 valence electrons. The van der Waals surface area contributed by atoms with E-state index in [4.69, 9.17) is 10.8 Å². The lowest BCUT2D eigenvalue weighted by Gasteiger charge is -2.12. The van der Waals surface area contributed by atoms with E-state index in [-0.39, 0.29) is 0 Å². The maximum atomic E-state index is 8.97. The molecule has 4 nitrogen and oxygen atoms in total. The number of nitrogens with two attached hydrogens (primary N) is 1. The van der Waals surface area contributed by atoms with Crippen molar-refractivity contribution in [2.45, 2.75) is 44.8 Å². The van der Waals surface area contributed by atoms with Gasteiger partial charge in [0, 0.05) is 6.04 Å². The molecule has 0 aromatic rings. The lowest BCUT2D eigenvalue weighted by Crippen LogP contribution is -2.39. The third-order valence-electron chi connectivity index (χ3n) is 2.23. The second-order valence-corrected chi connectivity index (χ2v) is 3.70. The van der Waals surface area contributed by atoms with E-state index >= 15 is 0 Å². The quantitative estimate of drug-likeness (QED) is 0.435. The zero-order chi connectivity index (χ0) is 9.68. The summed E-state index contributed by atoms with van der Waals surface area (Å²) in [6.45, 7) is 2.08. The van der Waals surface area contributed by atoms with Gasteiger partial charge in [0.15, 0.2) is 5.96 Å². The van der Waals surface area contributed by atoms with Crippen LogP contribution >= 0.6 is 0 Å². The van der Waals surface area contributed by atoms with Crippen molar-refractivity contribution < 1.29 is 5.11 Å². The first kappa shape index (κ1) is 10.3. The molecule has 1 atom stereocenters. The molecule has 1 unspecified atom stereocenters. The van der Waals surface area contributed by atoms with Crippen LogP contribution in [0, 0.1) is 0 Å². The van der Waals surface area contributed by atoms with Gasteiger partial charge in [-0.3, -0.25) is 4.99 Å². The normalized spacial score (nSPS) is 21.8. The van der Waals surface area contributed by atoms with Crippen molar-refractivity contribution >= 4 is 5.96 Å². The Bertz CT molecular complexity index is 174. The molecular weight excluding hydrogens is 166 g/mol. The summed E-state index contributed by atoms with van der Waals surface area (Å²) in [5.41, 5.74) is 5.63. The predicted octanol–water partition coefficient (Wildman–Crippen LogP) is 0.214. The molecule has 1 saturated carbocycles. The molecule has 4 heteroatoms. The summed E-state index contributed by atoms with van der Waals surface area (Å²) in [6, 6.07) is 0.498. The summed E-state index contributed by atoms with van der Waals surface area (Å²) in [5.74, 6) is 0.466. The highest BCUT2D eigenvalue weighted by atomic mass is 16.3. The van der Waals surface area contributed by atoms with Crippen LogP contribution in [0.4, 0.5) is 0 Å². The summed E-state index contributed by atoms with van der Waals surface area (Å²) >= 11 is 0.